The van der Waals surface area contributed by atoms with E-state index in [1.54, 1.807) is 13.8 Å². The zero-order valence-electron chi connectivity index (χ0n) is 18.3. The first-order chi connectivity index (χ1) is 15.5. The summed E-state index contributed by atoms with van der Waals surface area (Å²) in [5.41, 5.74) is 6.12. The number of aliphatic carboxylic acids is 2. The van der Waals surface area contributed by atoms with Crippen LogP contribution in [0.5, 0.6) is 0 Å². The highest BCUT2D eigenvalue weighted by Crippen LogP contribution is 2.09. The number of hydrogen-bond donors (Lipinski definition) is 8. The molecule has 0 aromatic carbocycles. The van der Waals surface area contributed by atoms with Gasteiger partial charge in [0.1, 0.15) is 18.1 Å². The zero-order chi connectivity index (χ0) is 25.1. The van der Waals surface area contributed by atoms with Gasteiger partial charge < -0.3 is 36.9 Å². The average molecular weight is 487 g/mol. The van der Waals surface area contributed by atoms with Crippen LogP contribution in [0.15, 0.2) is 12.5 Å². The Morgan fingerprint density at radius 3 is 2.18 bits per heavy atom. The summed E-state index contributed by atoms with van der Waals surface area (Å²) >= 11 is 3.94. The lowest BCUT2D eigenvalue weighted by molar-refractivity contribution is -0.144. The van der Waals surface area contributed by atoms with Crippen LogP contribution >= 0.6 is 12.6 Å². The molecule has 0 bridgehead atoms. The van der Waals surface area contributed by atoms with E-state index >= 15 is 0 Å². The number of amides is 3. The molecule has 184 valence electrons. The highest BCUT2D eigenvalue weighted by Gasteiger charge is 2.33. The molecule has 0 fully saturated rings. The zero-order valence-corrected chi connectivity index (χ0v) is 19.2. The molecule has 3 amide bonds. The molecule has 0 aliphatic carbocycles. The first-order valence-electron chi connectivity index (χ1n) is 10.2. The number of nitrogens with zero attached hydrogens (tertiary/aromatic N) is 1. The van der Waals surface area contributed by atoms with E-state index in [1.165, 1.54) is 12.5 Å². The maximum Gasteiger partial charge on any atom is 0.326 e. The minimum atomic E-state index is -1.58. The van der Waals surface area contributed by atoms with Gasteiger partial charge in [0.25, 0.3) is 0 Å². The van der Waals surface area contributed by atoms with Crippen molar-refractivity contribution >= 4 is 42.3 Å². The van der Waals surface area contributed by atoms with Crippen LogP contribution in [0.4, 0.5) is 0 Å². The van der Waals surface area contributed by atoms with Crippen LogP contribution in [0.2, 0.25) is 0 Å². The number of carbonyl (C=O) groups excluding carboxylic acids is 3. The summed E-state index contributed by atoms with van der Waals surface area (Å²) in [6.07, 6.45) is 2.38. The maximum atomic E-state index is 12.9. The molecule has 0 aliphatic rings. The molecule has 0 spiro atoms. The lowest BCUT2D eigenvalue weighted by atomic mass is 9.98. The van der Waals surface area contributed by atoms with Crippen molar-refractivity contribution in [1.29, 1.82) is 0 Å². The van der Waals surface area contributed by atoms with E-state index in [0.717, 1.165) is 0 Å². The number of imidazole rings is 1. The van der Waals surface area contributed by atoms with Crippen molar-refractivity contribution in [1.82, 2.24) is 25.9 Å². The Morgan fingerprint density at radius 1 is 1.09 bits per heavy atom. The van der Waals surface area contributed by atoms with Gasteiger partial charge in [0.05, 0.1) is 18.8 Å². The van der Waals surface area contributed by atoms with E-state index in [1.807, 2.05) is 0 Å². The second kappa shape index (κ2) is 13.4. The van der Waals surface area contributed by atoms with Crippen LogP contribution in [-0.2, 0) is 30.4 Å². The minimum absolute atomic E-state index is 0.0144. The molecule has 14 heteroatoms. The van der Waals surface area contributed by atoms with Crippen LogP contribution in [0, 0.1) is 5.92 Å². The largest absolute Gasteiger partial charge is 0.481 e. The van der Waals surface area contributed by atoms with Gasteiger partial charge in [-0.2, -0.15) is 12.6 Å². The number of H-pyrrole nitrogens is 1. The SMILES string of the molecule is CCC(C)C(NC(=O)C(CC(=O)O)NC(=O)C(Cc1cnc[nH]1)NC(=O)C(N)CS)C(=O)O. The van der Waals surface area contributed by atoms with E-state index in [-0.39, 0.29) is 12.2 Å². The van der Waals surface area contributed by atoms with Crippen molar-refractivity contribution in [2.24, 2.45) is 11.7 Å². The fraction of sp³-hybridized carbons (Fsp3) is 0.579. The molecule has 0 radical (unpaired) electrons. The molecule has 0 saturated heterocycles. The number of aromatic nitrogens is 2. The summed E-state index contributed by atoms with van der Waals surface area (Å²) < 4.78 is 0. The van der Waals surface area contributed by atoms with E-state index in [2.05, 4.69) is 38.5 Å². The van der Waals surface area contributed by atoms with Gasteiger partial charge in [-0.3, -0.25) is 19.2 Å². The highest BCUT2D eigenvalue weighted by molar-refractivity contribution is 7.80. The molecule has 5 unspecified atom stereocenters. The third-order valence-corrected chi connectivity index (χ3v) is 5.33. The molecule has 0 saturated carbocycles. The van der Waals surface area contributed by atoms with Gasteiger partial charge >= 0.3 is 11.9 Å². The lowest BCUT2D eigenvalue weighted by Gasteiger charge is -2.25. The monoisotopic (exact) mass is 486 g/mol. The van der Waals surface area contributed by atoms with Crippen molar-refractivity contribution in [3.63, 3.8) is 0 Å². The number of rotatable bonds is 14. The van der Waals surface area contributed by atoms with Crippen molar-refractivity contribution in [3.05, 3.63) is 18.2 Å². The van der Waals surface area contributed by atoms with Crippen molar-refractivity contribution < 1.29 is 34.2 Å². The quantitative estimate of drug-likeness (QED) is 0.140. The molecule has 13 nitrogen and oxygen atoms in total. The van der Waals surface area contributed by atoms with Crippen molar-refractivity contribution in [2.45, 2.75) is 57.3 Å². The van der Waals surface area contributed by atoms with Crippen LogP contribution < -0.4 is 21.7 Å². The minimum Gasteiger partial charge on any atom is -0.481 e. The predicted octanol–water partition coefficient (Wildman–Crippen LogP) is -1.73. The lowest BCUT2D eigenvalue weighted by Crippen LogP contribution is -2.58. The van der Waals surface area contributed by atoms with Crippen molar-refractivity contribution in [2.75, 3.05) is 5.75 Å². The van der Waals surface area contributed by atoms with Gasteiger partial charge in [0.15, 0.2) is 0 Å². The summed E-state index contributed by atoms with van der Waals surface area (Å²) in [6, 6.07) is -5.08. The highest BCUT2D eigenvalue weighted by atomic mass is 32.1. The summed E-state index contributed by atoms with van der Waals surface area (Å²) in [7, 11) is 0. The Kier molecular flexibility index (Phi) is 11.4. The standard InChI is InChI=1S/C19H30N6O7S/c1-3-9(2)15(19(31)32)25-18(30)13(5-14(26)27)24-17(29)12(4-10-6-21-8-22-10)23-16(28)11(20)7-33/h6,8-9,11-13,15,33H,3-5,7,20H2,1-2H3,(H,21,22)(H,23,28)(H,24,29)(H,25,30)(H,26,27)(H,31,32). The summed E-state index contributed by atoms with van der Waals surface area (Å²) in [6.45, 7) is 3.35. The first kappa shape index (κ1) is 27.9. The molecule has 8 N–H and O–H groups in total. The van der Waals surface area contributed by atoms with Crippen molar-refractivity contribution in [3.8, 4) is 0 Å². The molecule has 1 aromatic heterocycles. The van der Waals surface area contributed by atoms with Crippen LogP contribution in [0.3, 0.4) is 0 Å². The molecule has 33 heavy (non-hydrogen) atoms. The predicted molar refractivity (Wildman–Crippen MR) is 119 cm³/mol. The molecule has 1 rings (SSSR count). The Hall–Kier alpha value is -3.13. The van der Waals surface area contributed by atoms with Crippen LogP contribution in [0.25, 0.3) is 0 Å². The Bertz CT molecular complexity index is 835. The van der Waals surface area contributed by atoms with Gasteiger partial charge in [-0.1, -0.05) is 20.3 Å². The first-order valence-corrected chi connectivity index (χ1v) is 10.8. The number of aromatic amines is 1. The average Bonchev–Trinajstić information content (AvgIpc) is 3.27. The summed E-state index contributed by atoms with van der Waals surface area (Å²) in [4.78, 5) is 67.2. The fourth-order valence-corrected chi connectivity index (χ4v) is 2.95. The second-order valence-electron chi connectivity index (χ2n) is 7.50. The number of carboxylic acid groups (broad SMARTS) is 2. The summed E-state index contributed by atoms with van der Waals surface area (Å²) in [5.74, 6) is -5.62. The number of thiol groups is 1. The maximum absolute atomic E-state index is 12.9. The third kappa shape index (κ3) is 9.10. The Morgan fingerprint density at radius 2 is 1.70 bits per heavy atom. The second-order valence-corrected chi connectivity index (χ2v) is 7.87. The van der Waals surface area contributed by atoms with Gasteiger partial charge in [0, 0.05) is 24.1 Å². The number of nitrogens with two attached hydrogens (primary N) is 1. The number of carbonyl (C=O) groups is 5. The normalized spacial score (nSPS) is 15.4. The number of hydrogen-bond acceptors (Lipinski definition) is 8. The fourth-order valence-electron chi connectivity index (χ4n) is 2.78. The molecular formula is C19H30N6O7S. The smallest absolute Gasteiger partial charge is 0.326 e. The van der Waals surface area contributed by atoms with E-state index in [9.17, 15) is 34.2 Å². The molecule has 5 atom stereocenters. The van der Waals surface area contributed by atoms with Crippen LogP contribution in [-0.4, -0.2) is 79.8 Å². The van der Waals surface area contributed by atoms with Gasteiger partial charge in [-0.05, 0) is 5.92 Å². The van der Waals surface area contributed by atoms with Gasteiger partial charge in [-0.15, -0.1) is 0 Å². The Balaban J connectivity index is 3.06. The van der Waals surface area contributed by atoms with E-state index in [0.29, 0.717) is 12.1 Å². The molecule has 1 aromatic rings. The molecular weight excluding hydrogens is 456 g/mol. The van der Waals surface area contributed by atoms with Gasteiger partial charge in [-0.25, -0.2) is 9.78 Å². The summed E-state index contributed by atoms with van der Waals surface area (Å²) in [5, 5.41) is 25.6. The van der Waals surface area contributed by atoms with Crippen LogP contribution in [0.1, 0.15) is 32.4 Å². The van der Waals surface area contributed by atoms with Gasteiger partial charge in [0.2, 0.25) is 17.7 Å². The van der Waals surface area contributed by atoms with E-state index < -0.39 is 66.2 Å². The topological polar surface area (TPSA) is 217 Å². The molecule has 0 aliphatic heterocycles. The molecule has 1 heterocycles. The Labute approximate surface area is 195 Å². The number of carboxylic acids is 2. The van der Waals surface area contributed by atoms with E-state index in [4.69, 9.17) is 5.73 Å². The third-order valence-electron chi connectivity index (χ3n) is 4.93. The number of nitrogens with one attached hydrogen (secondary N) is 4.